The molecule has 0 spiro atoms. The van der Waals surface area contributed by atoms with E-state index in [0.29, 0.717) is 0 Å². The minimum atomic E-state index is -0.0213. The second kappa shape index (κ2) is 5.24. The van der Waals surface area contributed by atoms with Gasteiger partial charge in [-0.1, -0.05) is 18.3 Å². The molecule has 0 aromatic carbocycles. The maximum absolute atomic E-state index is 5.61. The summed E-state index contributed by atoms with van der Waals surface area (Å²) >= 11 is 6.33. The van der Waals surface area contributed by atoms with Gasteiger partial charge in [-0.15, -0.1) is 11.8 Å². The molecule has 0 radical (unpaired) electrons. The summed E-state index contributed by atoms with van der Waals surface area (Å²) in [6.45, 7) is 0. The van der Waals surface area contributed by atoms with Crippen LogP contribution in [0.1, 0.15) is 0 Å². The smallest absolute Gasteiger partial charge is 0.0960 e. The molecule has 1 atom stereocenters. The molecule has 2 N–H and O–H groups in total. The molecule has 64 valence electrons. The number of thiocarbonyl (C=S) groups is 1. The lowest BCUT2D eigenvalue weighted by molar-refractivity contribution is 1.02. The maximum atomic E-state index is 5.61. The van der Waals surface area contributed by atoms with Crippen LogP contribution in [-0.4, -0.2) is 22.1 Å². The Morgan fingerprint density at radius 2 is 2.50 bits per heavy atom. The van der Waals surface area contributed by atoms with E-state index in [4.69, 9.17) is 18.0 Å². The monoisotopic (exact) mass is 198 g/mol. The summed E-state index contributed by atoms with van der Waals surface area (Å²) in [6.07, 6.45) is 1.77. The first-order chi connectivity index (χ1) is 5.83. The highest BCUT2D eigenvalue weighted by Gasteiger charge is 1.98. The van der Waals surface area contributed by atoms with Gasteiger partial charge in [0.25, 0.3) is 0 Å². The zero-order valence-electron chi connectivity index (χ0n) is 6.51. The number of rotatable bonds is 4. The van der Waals surface area contributed by atoms with Crippen molar-refractivity contribution in [1.82, 2.24) is 4.98 Å². The van der Waals surface area contributed by atoms with Gasteiger partial charge in [0.05, 0.1) is 5.03 Å². The molecule has 0 aliphatic carbocycles. The summed E-state index contributed by atoms with van der Waals surface area (Å²) in [5.41, 5.74) is 5.61. The Bertz CT molecular complexity index is 238. The number of nitrogens with two attached hydrogens (primary N) is 1. The van der Waals surface area contributed by atoms with Crippen LogP contribution in [0, 0.1) is 0 Å². The molecule has 1 aromatic rings. The van der Waals surface area contributed by atoms with E-state index in [2.05, 4.69) is 4.98 Å². The van der Waals surface area contributed by atoms with Crippen molar-refractivity contribution < 1.29 is 0 Å². The summed E-state index contributed by atoms with van der Waals surface area (Å²) in [6, 6.07) is 5.79. The van der Waals surface area contributed by atoms with Gasteiger partial charge in [-0.25, -0.2) is 4.98 Å². The lowest BCUT2D eigenvalue weighted by Crippen LogP contribution is -2.23. The summed E-state index contributed by atoms with van der Waals surface area (Å²) in [7, 11) is 0. The van der Waals surface area contributed by atoms with E-state index in [1.54, 1.807) is 23.3 Å². The van der Waals surface area contributed by atoms with Crippen LogP contribution in [0.3, 0.4) is 0 Å². The summed E-state index contributed by atoms with van der Waals surface area (Å²) < 4.78 is 0. The molecule has 1 aromatic heterocycles. The van der Waals surface area contributed by atoms with Crippen LogP contribution >= 0.6 is 24.0 Å². The molecule has 0 bridgehead atoms. The van der Waals surface area contributed by atoms with Crippen molar-refractivity contribution in [2.45, 2.75) is 11.1 Å². The largest absolute Gasteiger partial charge is 0.323 e. The van der Waals surface area contributed by atoms with Gasteiger partial charge in [-0.05, 0) is 17.5 Å². The summed E-state index contributed by atoms with van der Waals surface area (Å²) in [5, 5.41) is 2.57. The molecule has 1 unspecified atom stereocenters. The quantitative estimate of drug-likeness (QED) is 0.588. The molecule has 4 heteroatoms. The van der Waals surface area contributed by atoms with Gasteiger partial charge in [0.2, 0.25) is 0 Å². The van der Waals surface area contributed by atoms with E-state index in [1.165, 1.54) is 0 Å². The van der Waals surface area contributed by atoms with Crippen LogP contribution in [0.2, 0.25) is 0 Å². The zero-order chi connectivity index (χ0) is 8.81. The molecule has 0 fully saturated rings. The molecule has 0 aliphatic heterocycles. The van der Waals surface area contributed by atoms with Gasteiger partial charge in [0, 0.05) is 18.0 Å². The first kappa shape index (κ1) is 9.64. The molecular weight excluding hydrogens is 188 g/mol. The zero-order valence-corrected chi connectivity index (χ0v) is 8.15. The molecule has 1 heterocycles. The van der Waals surface area contributed by atoms with E-state index < -0.39 is 0 Å². The van der Waals surface area contributed by atoms with Crippen molar-refractivity contribution in [3.8, 4) is 0 Å². The van der Waals surface area contributed by atoms with E-state index >= 15 is 0 Å². The molecule has 0 saturated carbocycles. The van der Waals surface area contributed by atoms with Crippen LogP contribution < -0.4 is 5.73 Å². The molecule has 1 rings (SSSR count). The fourth-order valence-corrected chi connectivity index (χ4v) is 1.64. The van der Waals surface area contributed by atoms with Crippen molar-refractivity contribution in [1.29, 1.82) is 0 Å². The Kier molecular flexibility index (Phi) is 4.21. The Balaban J connectivity index is 2.38. The van der Waals surface area contributed by atoms with Crippen LogP contribution in [0.4, 0.5) is 0 Å². The Labute approximate surface area is 81.6 Å². The van der Waals surface area contributed by atoms with Crippen LogP contribution in [0.15, 0.2) is 29.4 Å². The number of aromatic nitrogens is 1. The predicted octanol–water partition coefficient (Wildman–Crippen LogP) is 1.50. The number of pyridine rings is 1. The lowest BCUT2D eigenvalue weighted by Gasteiger charge is -2.02. The van der Waals surface area contributed by atoms with Crippen LogP contribution in [0.5, 0.6) is 0 Å². The van der Waals surface area contributed by atoms with Crippen molar-refractivity contribution in [2.75, 3.05) is 5.75 Å². The second-order valence-electron chi connectivity index (χ2n) is 2.28. The third kappa shape index (κ3) is 3.30. The van der Waals surface area contributed by atoms with Crippen molar-refractivity contribution in [3.05, 3.63) is 24.4 Å². The third-order valence-electron chi connectivity index (χ3n) is 1.24. The summed E-state index contributed by atoms with van der Waals surface area (Å²) in [5.74, 6) is 0.792. The van der Waals surface area contributed by atoms with Crippen LogP contribution in [0.25, 0.3) is 0 Å². The number of hydrogen-bond acceptors (Lipinski definition) is 4. The van der Waals surface area contributed by atoms with Gasteiger partial charge < -0.3 is 5.73 Å². The SMILES string of the molecule is NC(C=S)CSc1ccccn1. The summed E-state index contributed by atoms with van der Waals surface area (Å²) in [4.78, 5) is 4.14. The third-order valence-corrected chi connectivity index (χ3v) is 2.67. The fourth-order valence-electron chi connectivity index (χ4n) is 0.653. The van der Waals surface area contributed by atoms with Gasteiger partial charge in [-0.2, -0.15) is 0 Å². The predicted molar refractivity (Wildman–Crippen MR) is 56.6 cm³/mol. The topological polar surface area (TPSA) is 38.9 Å². The average molecular weight is 198 g/mol. The highest BCUT2D eigenvalue weighted by Crippen LogP contribution is 2.13. The Hall–Kier alpha value is -0.450. The normalized spacial score (nSPS) is 12.4. The van der Waals surface area contributed by atoms with E-state index in [9.17, 15) is 0 Å². The van der Waals surface area contributed by atoms with Crippen molar-refractivity contribution in [3.63, 3.8) is 0 Å². The minimum Gasteiger partial charge on any atom is -0.323 e. The number of thioether (sulfide) groups is 1. The molecule has 12 heavy (non-hydrogen) atoms. The average Bonchev–Trinajstić information content (AvgIpc) is 2.16. The number of nitrogens with zero attached hydrogens (tertiary/aromatic N) is 1. The molecule has 0 aliphatic rings. The maximum Gasteiger partial charge on any atom is 0.0960 e. The van der Waals surface area contributed by atoms with E-state index in [0.717, 1.165) is 10.8 Å². The lowest BCUT2D eigenvalue weighted by atomic mass is 10.4. The van der Waals surface area contributed by atoms with Crippen LogP contribution in [-0.2, 0) is 0 Å². The van der Waals surface area contributed by atoms with Crippen molar-refractivity contribution in [2.24, 2.45) is 5.73 Å². The second-order valence-corrected chi connectivity index (χ2v) is 3.59. The molecule has 0 amide bonds. The van der Waals surface area contributed by atoms with Crippen molar-refractivity contribution >= 4 is 29.3 Å². The van der Waals surface area contributed by atoms with E-state index in [1.807, 2.05) is 18.2 Å². The Morgan fingerprint density at radius 3 is 3.08 bits per heavy atom. The van der Waals surface area contributed by atoms with Gasteiger partial charge in [0.1, 0.15) is 0 Å². The molecular formula is C8H10N2S2. The van der Waals surface area contributed by atoms with Gasteiger partial charge in [0.15, 0.2) is 0 Å². The highest BCUT2D eigenvalue weighted by molar-refractivity contribution is 7.99. The molecule has 2 nitrogen and oxygen atoms in total. The van der Waals surface area contributed by atoms with E-state index in [-0.39, 0.29) is 6.04 Å². The molecule has 0 saturated heterocycles. The fraction of sp³-hybridized carbons (Fsp3) is 0.250. The highest BCUT2D eigenvalue weighted by atomic mass is 32.2. The first-order valence-electron chi connectivity index (χ1n) is 3.57. The Morgan fingerprint density at radius 1 is 1.67 bits per heavy atom. The van der Waals surface area contributed by atoms with Gasteiger partial charge >= 0.3 is 0 Å². The first-order valence-corrected chi connectivity index (χ1v) is 5.03. The van der Waals surface area contributed by atoms with Gasteiger partial charge in [-0.3, -0.25) is 0 Å². The standard InChI is InChI=1S/C8H10N2S2/c9-7(5-11)6-12-8-3-1-2-4-10-8/h1-5,7H,6,9H2. The number of hydrogen-bond donors (Lipinski definition) is 1. The minimum absolute atomic E-state index is 0.0213.